The minimum Gasteiger partial charge on any atom is -0.390 e. The first-order valence-electron chi connectivity index (χ1n) is 14.7. The summed E-state index contributed by atoms with van der Waals surface area (Å²) in [5, 5.41) is 17.4. The zero-order chi connectivity index (χ0) is 25.6. The molecule has 210 valence electrons. The quantitative estimate of drug-likeness (QED) is 0.303. The third-order valence-electron chi connectivity index (χ3n) is 9.48. The van der Waals surface area contributed by atoms with Gasteiger partial charge in [-0.2, -0.15) is 0 Å². The number of hydrogen-bond acceptors (Lipinski definition) is 8. The second-order valence-electron chi connectivity index (χ2n) is 12.0. The second kappa shape index (κ2) is 13.2. The molecule has 5 rings (SSSR count). The number of nitrogens with zero attached hydrogens (tertiary/aromatic N) is 1. The van der Waals surface area contributed by atoms with Crippen molar-refractivity contribution in [3.63, 3.8) is 0 Å². The Morgan fingerprint density at radius 3 is 2.43 bits per heavy atom. The van der Waals surface area contributed by atoms with E-state index in [4.69, 9.17) is 9.47 Å². The Labute approximate surface area is 220 Å². The van der Waals surface area contributed by atoms with Gasteiger partial charge in [0.15, 0.2) is 0 Å². The molecule has 2 saturated carbocycles. The summed E-state index contributed by atoms with van der Waals surface area (Å²) in [5.41, 5.74) is 6.33. The Balaban J connectivity index is 0.978. The Morgan fingerprint density at radius 1 is 0.946 bits per heavy atom. The molecule has 3 aliphatic heterocycles. The third-order valence-corrected chi connectivity index (χ3v) is 9.48. The van der Waals surface area contributed by atoms with Gasteiger partial charge in [-0.15, -0.1) is 0 Å². The number of piperidine rings is 1. The van der Waals surface area contributed by atoms with Gasteiger partial charge in [-0.25, -0.2) is 0 Å². The number of nitrogens with one attached hydrogen (secondary N) is 4. The Bertz CT molecular complexity index is 751. The molecule has 0 aromatic heterocycles. The van der Waals surface area contributed by atoms with Gasteiger partial charge in [0, 0.05) is 56.5 Å². The normalized spacial score (nSPS) is 36.1. The first kappa shape index (κ1) is 27.3. The maximum Gasteiger partial charge on any atom is 0.225 e. The van der Waals surface area contributed by atoms with Crippen molar-refractivity contribution in [2.24, 2.45) is 29.6 Å². The highest BCUT2D eigenvalue weighted by Gasteiger charge is 2.38. The Hall–Kier alpha value is -1.30. The number of carbonyl (C=O) groups excluding carboxylic acids is 2. The molecule has 10 heteroatoms. The number of morpholine rings is 1. The number of fused-ring (bicyclic) bond motifs is 1. The van der Waals surface area contributed by atoms with Crippen molar-refractivity contribution in [2.45, 2.75) is 69.6 Å². The van der Waals surface area contributed by atoms with Crippen LogP contribution in [0.4, 0.5) is 0 Å². The van der Waals surface area contributed by atoms with E-state index < -0.39 is 6.10 Å². The average Bonchev–Trinajstić information content (AvgIpc) is 3.48. The monoisotopic (exact) mass is 521 g/mol. The van der Waals surface area contributed by atoms with Gasteiger partial charge in [-0.3, -0.25) is 20.4 Å². The molecule has 0 aromatic rings. The van der Waals surface area contributed by atoms with Crippen molar-refractivity contribution in [1.82, 2.24) is 26.4 Å². The van der Waals surface area contributed by atoms with Gasteiger partial charge in [0.1, 0.15) is 0 Å². The predicted octanol–water partition coefficient (Wildman–Crippen LogP) is 0.0161. The standard InChI is InChI=1S/C27H47N5O5/c33-25(16-29-26(34)19-1-3-20(4-2-19)27(35)32-7-9-36-10-8-32)24-12-21-5-6-23(11-22(21)15-28-24)37-17-18-13-30-31-14-18/h18-25,28,30-31,33H,1-17H2,(H,29,34)/t19?,20?,21?,22?,23?,24-,25+/m0/s1. The van der Waals surface area contributed by atoms with Crippen LogP contribution in [0.25, 0.3) is 0 Å². The molecule has 5 fully saturated rings. The number of amides is 2. The lowest BCUT2D eigenvalue weighted by atomic mass is 9.72. The zero-order valence-corrected chi connectivity index (χ0v) is 22.2. The van der Waals surface area contributed by atoms with Crippen molar-refractivity contribution in [3.8, 4) is 0 Å². The lowest BCUT2D eigenvalue weighted by Crippen LogP contribution is -2.54. The van der Waals surface area contributed by atoms with Crippen LogP contribution in [-0.4, -0.2) is 99.2 Å². The fourth-order valence-corrected chi connectivity index (χ4v) is 7.03. The molecule has 10 nitrogen and oxygen atoms in total. The van der Waals surface area contributed by atoms with Gasteiger partial charge in [-0.05, 0) is 69.7 Å². The number of aliphatic hydroxyl groups is 1. The summed E-state index contributed by atoms with van der Waals surface area (Å²) >= 11 is 0. The van der Waals surface area contributed by atoms with Crippen LogP contribution in [0.15, 0.2) is 0 Å². The van der Waals surface area contributed by atoms with Crippen molar-refractivity contribution >= 4 is 11.8 Å². The van der Waals surface area contributed by atoms with Crippen LogP contribution in [0.2, 0.25) is 0 Å². The maximum atomic E-state index is 12.8. The summed E-state index contributed by atoms with van der Waals surface area (Å²) in [7, 11) is 0. The molecule has 37 heavy (non-hydrogen) atoms. The minimum atomic E-state index is -0.583. The largest absolute Gasteiger partial charge is 0.390 e. The van der Waals surface area contributed by atoms with Crippen LogP contribution in [0.1, 0.15) is 51.4 Å². The molecule has 0 spiro atoms. The number of aliphatic hydroxyl groups excluding tert-OH is 1. The van der Waals surface area contributed by atoms with E-state index in [2.05, 4.69) is 21.5 Å². The molecule has 5 atom stereocenters. The first-order valence-corrected chi connectivity index (χ1v) is 14.7. The van der Waals surface area contributed by atoms with E-state index in [9.17, 15) is 14.7 Å². The van der Waals surface area contributed by atoms with Crippen LogP contribution >= 0.6 is 0 Å². The molecule has 2 aliphatic carbocycles. The highest BCUT2D eigenvalue weighted by molar-refractivity contribution is 5.81. The van der Waals surface area contributed by atoms with Gasteiger partial charge >= 0.3 is 0 Å². The summed E-state index contributed by atoms with van der Waals surface area (Å²) in [6, 6.07) is 0.0246. The van der Waals surface area contributed by atoms with E-state index >= 15 is 0 Å². The van der Waals surface area contributed by atoms with E-state index in [1.165, 1.54) is 0 Å². The van der Waals surface area contributed by atoms with E-state index in [1.54, 1.807) is 0 Å². The lowest BCUT2D eigenvalue weighted by molar-refractivity contribution is -0.142. The number of rotatable bonds is 8. The van der Waals surface area contributed by atoms with Crippen molar-refractivity contribution in [2.75, 3.05) is 59.1 Å². The molecular weight excluding hydrogens is 474 g/mol. The summed E-state index contributed by atoms with van der Waals surface area (Å²) in [5.74, 6) is 2.00. The molecule has 3 unspecified atom stereocenters. The molecule has 3 saturated heterocycles. The van der Waals surface area contributed by atoms with E-state index in [0.717, 1.165) is 77.6 Å². The van der Waals surface area contributed by atoms with Crippen molar-refractivity contribution in [3.05, 3.63) is 0 Å². The molecule has 0 bridgehead atoms. The number of carbonyl (C=O) groups is 2. The molecule has 5 N–H and O–H groups in total. The highest BCUT2D eigenvalue weighted by atomic mass is 16.5. The fourth-order valence-electron chi connectivity index (χ4n) is 7.03. The smallest absolute Gasteiger partial charge is 0.225 e. The molecular formula is C27H47N5O5. The van der Waals surface area contributed by atoms with Gasteiger partial charge in [0.25, 0.3) is 0 Å². The second-order valence-corrected chi connectivity index (χ2v) is 12.0. The number of ether oxygens (including phenoxy) is 2. The van der Waals surface area contributed by atoms with E-state index in [-0.39, 0.29) is 36.2 Å². The predicted molar refractivity (Wildman–Crippen MR) is 138 cm³/mol. The van der Waals surface area contributed by atoms with Crippen LogP contribution in [-0.2, 0) is 19.1 Å². The van der Waals surface area contributed by atoms with Crippen LogP contribution in [0.3, 0.4) is 0 Å². The maximum absolute atomic E-state index is 12.8. The van der Waals surface area contributed by atoms with Gasteiger partial charge in [-0.1, -0.05) is 0 Å². The van der Waals surface area contributed by atoms with Crippen LogP contribution < -0.4 is 21.5 Å². The van der Waals surface area contributed by atoms with Crippen molar-refractivity contribution in [1.29, 1.82) is 0 Å². The van der Waals surface area contributed by atoms with Gasteiger partial charge < -0.3 is 30.1 Å². The number of hydrazine groups is 1. The fraction of sp³-hybridized carbons (Fsp3) is 0.926. The third kappa shape index (κ3) is 7.22. The SMILES string of the molecule is O=C(NC[C@@H](O)[C@@H]1CC2CCC(OCC3CNNC3)CC2CN1)C1CCC(C(=O)N2CCOCC2)CC1. The summed E-state index contributed by atoms with van der Waals surface area (Å²) in [6.45, 7) is 6.57. The minimum absolute atomic E-state index is 0.0235. The van der Waals surface area contributed by atoms with Crippen LogP contribution in [0.5, 0.6) is 0 Å². The molecule has 3 heterocycles. The molecule has 0 radical (unpaired) electrons. The number of hydrogen-bond donors (Lipinski definition) is 5. The van der Waals surface area contributed by atoms with Crippen molar-refractivity contribution < 1.29 is 24.2 Å². The topological polar surface area (TPSA) is 124 Å². The molecule has 0 aromatic carbocycles. The summed E-state index contributed by atoms with van der Waals surface area (Å²) < 4.78 is 11.6. The lowest BCUT2D eigenvalue weighted by Gasteiger charge is -2.43. The summed E-state index contributed by atoms with van der Waals surface area (Å²) in [4.78, 5) is 27.5. The van der Waals surface area contributed by atoms with Gasteiger partial charge in [0.05, 0.1) is 32.0 Å². The Kier molecular flexibility index (Phi) is 9.71. The van der Waals surface area contributed by atoms with E-state index in [0.29, 0.717) is 50.2 Å². The summed E-state index contributed by atoms with van der Waals surface area (Å²) in [6.07, 6.45) is 7.10. The average molecular weight is 522 g/mol. The highest BCUT2D eigenvalue weighted by Crippen LogP contribution is 2.37. The zero-order valence-electron chi connectivity index (χ0n) is 22.2. The van der Waals surface area contributed by atoms with Crippen LogP contribution in [0, 0.1) is 29.6 Å². The molecule has 5 aliphatic rings. The van der Waals surface area contributed by atoms with E-state index in [1.807, 2.05) is 4.90 Å². The van der Waals surface area contributed by atoms with Gasteiger partial charge in [0.2, 0.25) is 11.8 Å². The Morgan fingerprint density at radius 2 is 1.68 bits per heavy atom. The first-order chi connectivity index (χ1) is 18.1. The molecule has 2 amide bonds.